The fourth-order valence-electron chi connectivity index (χ4n) is 5.29. The van der Waals surface area contributed by atoms with E-state index in [9.17, 15) is 0 Å². The van der Waals surface area contributed by atoms with Crippen molar-refractivity contribution in [2.24, 2.45) is 0 Å². The smallest absolute Gasteiger partial charge is 0.147 e. The quantitative estimate of drug-likeness (QED) is 0.233. The molecule has 0 saturated carbocycles. The molecule has 0 amide bonds. The van der Waals surface area contributed by atoms with E-state index < -0.39 is 25.8 Å². The zero-order chi connectivity index (χ0) is 21.3. The number of benzene rings is 4. The molecular weight excluding hydrogens is 551 g/mol. The molecule has 34 heavy (non-hydrogen) atoms. The molecule has 0 aliphatic heterocycles. The van der Waals surface area contributed by atoms with Crippen molar-refractivity contribution in [3.63, 3.8) is 0 Å². The van der Waals surface area contributed by atoms with Crippen LogP contribution in [0.3, 0.4) is 0 Å². The van der Waals surface area contributed by atoms with Crippen LogP contribution in [0.4, 0.5) is 0 Å². The number of hydrogen-bond donors (Lipinski definition) is 0. The Morgan fingerprint density at radius 3 is 1.53 bits per heavy atom. The van der Waals surface area contributed by atoms with Crippen LogP contribution >= 0.6 is 24.8 Å². The molecule has 0 atom stereocenters. The van der Waals surface area contributed by atoms with E-state index >= 15 is 0 Å². The molecule has 0 nitrogen and oxygen atoms in total. The van der Waals surface area contributed by atoms with Gasteiger partial charge in [-0.3, -0.25) is 0 Å². The van der Waals surface area contributed by atoms with Crippen molar-refractivity contribution in [3.8, 4) is 11.1 Å². The number of hydrogen-bond acceptors (Lipinski definition) is 0. The van der Waals surface area contributed by atoms with Crippen molar-refractivity contribution in [1.29, 1.82) is 0 Å². The second-order valence-electron chi connectivity index (χ2n) is 8.45. The maximum atomic E-state index is 2.48. The largest absolute Gasteiger partial charge is 0.147 e. The predicted octanol–water partition coefficient (Wildman–Crippen LogP) is 6.87. The maximum Gasteiger partial charge on any atom is -0.147 e. The van der Waals surface area contributed by atoms with E-state index in [1.165, 1.54) is 11.1 Å². The third kappa shape index (κ3) is 4.50. The van der Waals surface area contributed by atoms with Gasteiger partial charge in [0.15, 0.2) is 0 Å². The summed E-state index contributed by atoms with van der Waals surface area (Å²) in [7, 11) is 0. The van der Waals surface area contributed by atoms with Gasteiger partial charge in [-0.05, 0) is 0 Å². The standard InChI is InChI=1S/C13H9.C12H10Si.C5H5.2ClH.Zr/c1-3-7-12-10(5-1)9-11-6-2-4-8-13(11)12;1-3-7-11(8-4-1)13-12-9-5-2-6-10-12;1-2-4-5-3-1;;;/h1-9H;1-10H;1-3H,4H2;2*1H;. The first kappa shape index (κ1) is 25.1. The summed E-state index contributed by atoms with van der Waals surface area (Å²) < 4.78 is 2.34. The number of allylic oxidation sites excluding steroid dienone is 4. The van der Waals surface area contributed by atoms with Gasteiger partial charge in [-0.15, -0.1) is 24.8 Å². The topological polar surface area (TPSA) is 0 Å². The van der Waals surface area contributed by atoms with Crippen LogP contribution in [0.25, 0.3) is 11.1 Å². The summed E-state index contributed by atoms with van der Waals surface area (Å²) in [6.07, 6.45) is 8.30. The predicted molar refractivity (Wildman–Crippen MR) is 148 cm³/mol. The van der Waals surface area contributed by atoms with Gasteiger partial charge in [0.25, 0.3) is 0 Å². The third-order valence-corrected chi connectivity index (χ3v) is 26.4. The van der Waals surface area contributed by atoms with Crippen LogP contribution in [-0.2, 0) is 20.4 Å². The Hall–Kier alpha value is -1.96. The molecule has 4 heteroatoms. The molecule has 4 aromatic rings. The second kappa shape index (κ2) is 11.2. The molecule has 2 aliphatic rings. The monoisotopic (exact) mass is 574 g/mol. The molecule has 0 radical (unpaired) electrons. The minimum Gasteiger partial charge on any atom is -0.147 e. The van der Waals surface area contributed by atoms with Gasteiger partial charge in [-0.25, -0.2) is 0 Å². The SMILES string of the molecule is C1=CC[C]([Zr]([CH]2c3ccccc3-c3ccccc32)=[Si](c2ccccc2)c2ccccc2)=C1.Cl.Cl. The number of halogens is 2. The van der Waals surface area contributed by atoms with E-state index in [0.29, 0.717) is 3.63 Å². The zero-order valence-electron chi connectivity index (χ0n) is 18.7. The van der Waals surface area contributed by atoms with Crippen molar-refractivity contribution in [2.75, 3.05) is 0 Å². The van der Waals surface area contributed by atoms with E-state index in [4.69, 9.17) is 0 Å². The first-order valence-electron chi connectivity index (χ1n) is 11.3. The van der Waals surface area contributed by atoms with Crippen LogP contribution in [0.15, 0.2) is 131 Å². The first-order valence-corrected chi connectivity index (χ1v) is 19.1. The zero-order valence-corrected chi connectivity index (χ0v) is 23.8. The molecule has 6 rings (SSSR count). The molecule has 0 aromatic heterocycles. The Morgan fingerprint density at radius 1 is 0.588 bits per heavy atom. The Kier molecular flexibility index (Phi) is 8.27. The van der Waals surface area contributed by atoms with Gasteiger partial charge in [-0.2, -0.15) is 0 Å². The molecule has 2 aliphatic carbocycles. The molecular formula is C30H26Cl2SiZr. The molecule has 0 fully saturated rings. The second-order valence-corrected chi connectivity index (χ2v) is 22.3. The summed E-state index contributed by atoms with van der Waals surface area (Å²) in [5, 5.41) is 3.15. The normalized spacial score (nSPS) is 13.2. The average Bonchev–Trinajstić information content (AvgIpc) is 3.51. The van der Waals surface area contributed by atoms with Crippen LogP contribution in [0.1, 0.15) is 21.2 Å². The molecule has 0 unspecified atom stereocenters. The maximum absolute atomic E-state index is 2.48. The van der Waals surface area contributed by atoms with Gasteiger partial charge in [-0.1, -0.05) is 0 Å². The van der Waals surface area contributed by atoms with E-state index in [-0.39, 0.29) is 24.8 Å². The van der Waals surface area contributed by atoms with Gasteiger partial charge in [0.05, 0.1) is 0 Å². The summed E-state index contributed by atoms with van der Waals surface area (Å²) in [5.74, 6) is 0. The summed E-state index contributed by atoms with van der Waals surface area (Å²) in [6.45, 7) is 0. The van der Waals surface area contributed by atoms with E-state index in [2.05, 4.69) is 127 Å². The van der Waals surface area contributed by atoms with Gasteiger partial charge in [0, 0.05) is 0 Å². The summed E-state index contributed by atoms with van der Waals surface area (Å²) in [5.41, 5.74) is 5.17. The van der Waals surface area contributed by atoms with Gasteiger partial charge >= 0.3 is 199 Å². The number of fused-ring (bicyclic) bond motifs is 3. The van der Waals surface area contributed by atoms with Crippen LogP contribution in [0.5, 0.6) is 0 Å². The van der Waals surface area contributed by atoms with E-state index in [1.807, 2.05) is 0 Å². The van der Waals surface area contributed by atoms with Gasteiger partial charge < -0.3 is 0 Å². The molecule has 168 valence electrons. The Morgan fingerprint density at radius 2 is 1.06 bits per heavy atom. The molecule has 0 spiro atoms. The van der Waals surface area contributed by atoms with Crippen molar-refractivity contribution in [3.05, 3.63) is 142 Å². The average molecular weight is 577 g/mol. The van der Waals surface area contributed by atoms with Crippen LogP contribution in [-0.4, -0.2) is 5.43 Å². The Bertz CT molecular complexity index is 1300. The fourth-order valence-corrected chi connectivity index (χ4v) is 27.6. The summed E-state index contributed by atoms with van der Waals surface area (Å²) >= 11 is -2.28. The van der Waals surface area contributed by atoms with Crippen molar-refractivity contribution in [1.82, 2.24) is 0 Å². The molecule has 0 saturated heterocycles. The van der Waals surface area contributed by atoms with Gasteiger partial charge in [0.2, 0.25) is 0 Å². The van der Waals surface area contributed by atoms with Crippen molar-refractivity contribution in [2.45, 2.75) is 10.0 Å². The van der Waals surface area contributed by atoms with Crippen molar-refractivity contribution < 1.29 is 20.4 Å². The molecule has 4 aromatic carbocycles. The molecule has 0 heterocycles. The molecule has 0 N–H and O–H groups in total. The summed E-state index contributed by atoms with van der Waals surface area (Å²) in [4.78, 5) is 0. The Balaban J connectivity index is 0.00000137. The van der Waals surface area contributed by atoms with E-state index in [0.717, 1.165) is 6.42 Å². The fraction of sp³-hybridized carbons (Fsp3) is 0.0667. The van der Waals surface area contributed by atoms with Crippen LogP contribution in [0, 0.1) is 0 Å². The van der Waals surface area contributed by atoms with E-state index in [1.54, 1.807) is 24.8 Å². The van der Waals surface area contributed by atoms with Crippen molar-refractivity contribution >= 4 is 40.6 Å². The molecule has 0 bridgehead atoms. The first-order chi connectivity index (χ1) is 15.9. The van der Waals surface area contributed by atoms with Crippen LogP contribution in [0.2, 0.25) is 0 Å². The Labute approximate surface area is 222 Å². The third-order valence-electron chi connectivity index (χ3n) is 6.63. The minimum atomic E-state index is -2.28. The van der Waals surface area contributed by atoms with Gasteiger partial charge in [0.1, 0.15) is 0 Å². The van der Waals surface area contributed by atoms with Crippen LogP contribution < -0.4 is 10.4 Å². The summed E-state index contributed by atoms with van der Waals surface area (Å²) in [6, 6.07) is 41.3. The minimum absolute atomic E-state index is 0. The number of rotatable bonds is 4.